The van der Waals surface area contributed by atoms with E-state index in [1.165, 1.54) is 16.0 Å². The first-order chi connectivity index (χ1) is 15.1. The van der Waals surface area contributed by atoms with Crippen molar-refractivity contribution >= 4 is 34.8 Å². The molecule has 0 spiro atoms. The molecule has 1 aliphatic carbocycles. The first-order valence-electron chi connectivity index (χ1n) is 10.5. The molecule has 0 saturated heterocycles. The van der Waals surface area contributed by atoms with E-state index in [1.807, 2.05) is 0 Å². The molecule has 2 aromatic rings. The number of hydrogen-bond acceptors (Lipinski definition) is 4. The maximum Gasteiger partial charge on any atom is 0.435 e. The number of carboxylic acid groups (broad SMARTS) is 1. The quantitative estimate of drug-likeness (QED) is 0.652. The van der Waals surface area contributed by atoms with E-state index in [-0.39, 0.29) is 49.4 Å². The number of aromatic nitrogens is 2. The normalized spacial score (nSPS) is 21.4. The number of hydrogen-bond donors (Lipinski definition) is 1. The van der Waals surface area contributed by atoms with Gasteiger partial charge in [-0.25, -0.2) is 0 Å². The largest absolute Gasteiger partial charge is 0.481 e. The summed E-state index contributed by atoms with van der Waals surface area (Å²) in [6, 6.07) is 3.45. The molecule has 11 heteroatoms. The fourth-order valence-electron chi connectivity index (χ4n) is 4.63. The highest BCUT2D eigenvalue weighted by Gasteiger charge is 2.41. The molecular weight excluding hydrogens is 467 g/mol. The van der Waals surface area contributed by atoms with E-state index in [9.17, 15) is 22.8 Å². The molecule has 1 saturated carbocycles. The fourth-order valence-corrected chi connectivity index (χ4v) is 5.70. The lowest BCUT2D eigenvalue weighted by Crippen LogP contribution is -2.38. The van der Waals surface area contributed by atoms with Crippen molar-refractivity contribution in [3.63, 3.8) is 0 Å². The van der Waals surface area contributed by atoms with Crippen LogP contribution in [0.25, 0.3) is 0 Å². The highest BCUT2D eigenvalue weighted by Crippen LogP contribution is 2.37. The number of fused-ring (bicyclic) bond motifs is 1. The van der Waals surface area contributed by atoms with Gasteiger partial charge in [0.2, 0.25) is 5.91 Å². The number of carbonyl (C=O) groups excluding carboxylic acids is 1. The minimum atomic E-state index is -4.56. The highest BCUT2D eigenvalue weighted by molar-refractivity contribution is 7.16. The van der Waals surface area contributed by atoms with E-state index >= 15 is 0 Å². The Hall–Kier alpha value is -2.07. The Balaban J connectivity index is 1.48. The maximum absolute atomic E-state index is 13.6. The van der Waals surface area contributed by atoms with E-state index < -0.39 is 17.8 Å². The molecule has 0 atom stereocenters. The maximum atomic E-state index is 13.6. The van der Waals surface area contributed by atoms with Gasteiger partial charge in [0.15, 0.2) is 5.69 Å². The molecule has 0 radical (unpaired) electrons. The summed E-state index contributed by atoms with van der Waals surface area (Å²) in [4.78, 5) is 26.4. The lowest BCUT2D eigenvalue weighted by molar-refractivity contribution is -0.143. The zero-order chi connectivity index (χ0) is 23.0. The van der Waals surface area contributed by atoms with Gasteiger partial charge >= 0.3 is 12.1 Å². The van der Waals surface area contributed by atoms with Crippen molar-refractivity contribution in [1.29, 1.82) is 0 Å². The molecular formula is C21H23ClF3N3O3S. The van der Waals surface area contributed by atoms with Gasteiger partial charge in [-0.3, -0.25) is 14.3 Å². The van der Waals surface area contributed by atoms with Crippen LogP contribution in [-0.2, 0) is 35.3 Å². The molecule has 1 fully saturated rings. The number of nitrogens with zero attached hydrogens (tertiary/aromatic N) is 3. The number of carbonyl (C=O) groups is 2. The van der Waals surface area contributed by atoms with Crippen molar-refractivity contribution in [3.8, 4) is 0 Å². The topological polar surface area (TPSA) is 75.4 Å². The summed E-state index contributed by atoms with van der Waals surface area (Å²) in [6.07, 6.45) is -1.69. The molecule has 3 heterocycles. The molecule has 32 heavy (non-hydrogen) atoms. The standard InChI is InChI=1S/C21H23ClF3N3O3S/c22-17-6-5-14(32-17)10-28-16-11-27(8-7-15(16)19(26-28)21(23,24)25)18(29)9-12-1-3-13(4-2-12)20(30)31/h5-6,12-13H,1-4,7-11H2,(H,30,31). The molecule has 6 nitrogen and oxygen atoms in total. The molecule has 1 N–H and O–H groups in total. The van der Waals surface area contributed by atoms with Crippen LogP contribution in [0, 0.1) is 11.8 Å². The van der Waals surface area contributed by atoms with Crippen LogP contribution in [0.1, 0.15) is 53.9 Å². The number of thiophene rings is 1. The SMILES string of the molecule is O=C(O)C1CCC(CC(=O)N2CCc3c(C(F)(F)F)nn(Cc4ccc(Cl)s4)c3C2)CC1. The number of halogens is 4. The third kappa shape index (κ3) is 4.96. The smallest absolute Gasteiger partial charge is 0.435 e. The van der Waals surface area contributed by atoms with Gasteiger partial charge in [0.1, 0.15) is 0 Å². The molecule has 0 aromatic carbocycles. The summed E-state index contributed by atoms with van der Waals surface area (Å²) in [7, 11) is 0. The lowest BCUT2D eigenvalue weighted by Gasteiger charge is -2.31. The van der Waals surface area contributed by atoms with Crippen molar-refractivity contribution in [2.75, 3.05) is 6.54 Å². The van der Waals surface area contributed by atoms with Gasteiger partial charge in [-0.2, -0.15) is 18.3 Å². The third-order valence-corrected chi connectivity index (χ3v) is 7.57. The fraction of sp³-hybridized carbons (Fsp3) is 0.571. The summed E-state index contributed by atoms with van der Waals surface area (Å²) >= 11 is 7.24. The Labute approximate surface area is 192 Å². The Morgan fingerprint density at radius 3 is 2.53 bits per heavy atom. The van der Waals surface area contributed by atoms with Crippen LogP contribution in [0.15, 0.2) is 12.1 Å². The molecule has 1 aliphatic heterocycles. The van der Waals surface area contributed by atoms with Gasteiger partial charge in [-0.05, 0) is 50.2 Å². The van der Waals surface area contributed by atoms with E-state index in [0.717, 1.165) is 4.88 Å². The van der Waals surface area contributed by atoms with Gasteiger partial charge in [0, 0.05) is 23.4 Å². The average molecular weight is 490 g/mol. The minimum Gasteiger partial charge on any atom is -0.481 e. The monoisotopic (exact) mass is 489 g/mol. The zero-order valence-corrected chi connectivity index (χ0v) is 18.8. The van der Waals surface area contributed by atoms with E-state index in [4.69, 9.17) is 16.7 Å². The van der Waals surface area contributed by atoms with Gasteiger partial charge in [0.05, 0.1) is 29.0 Å². The molecule has 2 aromatic heterocycles. The van der Waals surface area contributed by atoms with E-state index in [1.54, 1.807) is 17.0 Å². The predicted octanol–water partition coefficient (Wildman–Crippen LogP) is 4.83. The summed E-state index contributed by atoms with van der Waals surface area (Å²) in [5, 5.41) is 13.0. The Morgan fingerprint density at radius 1 is 1.22 bits per heavy atom. The molecule has 4 rings (SSSR count). The predicted molar refractivity (Wildman–Crippen MR) is 112 cm³/mol. The Bertz CT molecular complexity index is 1010. The van der Waals surface area contributed by atoms with E-state index in [0.29, 0.717) is 42.1 Å². The van der Waals surface area contributed by atoms with Gasteiger partial charge in [-0.1, -0.05) is 11.6 Å². The lowest BCUT2D eigenvalue weighted by atomic mass is 9.80. The van der Waals surface area contributed by atoms with Crippen molar-refractivity contribution in [2.24, 2.45) is 11.8 Å². The Kier molecular flexibility index (Phi) is 6.53. The first-order valence-corrected chi connectivity index (χ1v) is 11.7. The minimum absolute atomic E-state index is 0.0842. The van der Waals surface area contributed by atoms with Crippen LogP contribution < -0.4 is 0 Å². The highest BCUT2D eigenvalue weighted by atomic mass is 35.5. The molecule has 1 amide bonds. The van der Waals surface area contributed by atoms with Crippen LogP contribution >= 0.6 is 22.9 Å². The second kappa shape index (κ2) is 9.05. The zero-order valence-electron chi connectivity index (χ0n) is 17.2. The van der Waals surface area contributed by atoms with Crippen molar-refractivity contribution in [1.82, 2.24) is 14.7 Å². The summed E-state index contributed by atoms with van der Waals surface area (Å²) < 4.78 is 42.6. The van der Waals surface area contributed by atoms with Crippen LogP contribution in [0.2, 0.25) is 4.34 Å². The van der Waals surface area contributed by atoms with Crippen LogP contribution in [0.3, 0.4) is 0 Å². The van der Waals surface area contributed by atoms with E-state index in [2.05, 4.69) is 5.10 Å². The molecule has 0 bridgehead atoms. The van der Waals surface area contributed by atoms with Crippen molar-refractivity contribution in [2.45, 2.75) is 57.8 Å². The van der Waals surface area contributed by atoms with Gasteiger partial charge < -0.3 is 10.0 Å². The van der Waals surface area contributed by atoms with Crippen molar-refractivity contribution < 1.29 is 27.9 Å². The van der Waals surface area contributed by atoms with Crippen LogP contribution in [-0.4, -0.2) is 38.2 Å². The number of rotatable bonds is 5. The number of amides is 1. The van der Waals surface area contributed by atoms with Crippen LogP contribution in [0.5, 0.6) is 0 Å². The second-order valence-corrected chi connectivity index (χ2v) is 10.3. The summed E-state index contributed by atoms with van der Waals surface area (Å²) in [5.41, 5.74) is -0.309. The number of aliphatic carboxylic acids is 1. The molecule has 174 valence electrons. The third-order valence-electron chi connectivity index (χ3n) is 6.35. The van der Waals surface area contributed by atoms with Crippen molar-refractivity contribution in [3.05, 3.63) is 38.3 Å². The first kappa shape index (κ1) is 23.1. The summed E-state index contributed by atoms with van der Waals surface area (Å²) in [6.45, 7) is 0.466. The van der Waals surface area contributed by atoms with Gasteiger partial charge in [0.25, 0.3) is 0 Å². The Morgan fingerprint density at radius 2 is 1.94 bits per heavy atom. The average Bonchev–Trinajstić information content (AvgIpc) is 3.31. The second-order valence-electron chi connectivity index (χ2n) is 8.46. The van der Waals surface area contributed by atoms with Gasteiger partial charge in [-0.15, -0.1) is 11.3 Å². The van der Waals surface area contributed by atoms with Crippen LogP contribution in [0.4, 0.5) is 13.2 Å². The summed E-state index contributed by atoms with van der Waals surface area (Å²) in [5.74, 6) is -1.13. The number of alkyl halides is 3. The number of carboxylic acids is 1. The molecule has 2 aliphatic rings. The molecule has 0 unspecified atom stereocenters.